The lowest BCUT2D eigenvalue weighted by molar-refractivity contribution is 0.600. The first-order valence-electron chi connectivity index (χ1n) is 10.3. The molecule has 1 aliphatic rings. The summed E-state index contributed by atoms with van der Waals surface area (Å²) in [7, 11) is -3.47. The van der Waals surface area contributed by atoms with Gasteiger partial charge in [-0.25, -0.2) is 8.42 Å². The van der Waals surface area contributed by atoms with E-state index in [2.05, 4.69) is 19.8 Å². The Morgan fingerprint density at radius 1 is 0.800 bits per heavy atom. The normalized spacial score (nSPS) is 14.9. The van der Waals surface area contributed by atoms with Gasteiger partial charge in [0.1, 0.15) is 0 Å². The van der Waals surface area contributed by atoms with Crippen molar-refractivity contribution >= 4 is 21.5 Å². The first-order valence-corrected chi connectivity index (χ1v) is 12.0. The highest BCUT2D eigenvalue weighted by Crippen LogP contribution is 2.23. The number of anilines is 2. The fourth-order valence-corrected chi connectivity index (χ4v) is 4.86. The molecule has 1 aliphatic heterocycles. The summed E-state index contributed by atoms with van der Waals surface area (Å²) >= 11 is 0. The molecule has 3 aromatic rings. The molecule has 0 unspecified atom stereocenters. The zero-order valence-corrected chi connectivity index (χ0v) is 17.7. The van der Waals surface area contributed by atoms with Gasteiger partial charge in [-0.3, -0.25) is 4.72 Å². The molecule has 1 saturated heterocycles. The molecule has 0 radical (unpaired) electrons. The van der Waals surface area contributed by atoms with Gasteiger partial charge in [0.2, 0.25) is 10.0 Å². The van der Waals surface area contributed by atoms with Gasteiger partial charge in [0, 0.05) is 24.3 Å². The maximum Gasteiger partial charge on any atom is 0.236 e. The van der Waals surface area contributed by atoms with Gasteiger partial charge >= 0.3 is 0 Å². The molecule has 2 aromatic carbocycles. The van der Waals surface area contributed by atoms with Crippen LogP contribution in [0.5, 0.6) is 0 Å². The van der Waals surface area contributed by atoms with E-state index in [1.807, 2.05) is 42.5 Å². The van der Waals surface area contributed by atoms with Crippen molar-refractivity contribution in [3.05, 3.63) is 72.3 Å². The SMILES string of the molecule is O=S(=O)(Cc1ccccc1)Nc1ccc(-c2ccc(N3CCCCCC3)nn2)cc1. The molecule has 0 aliphatic carbocycles. The van der Waals surface area contributed by atoms with Crippen LogP contribution in [-0.4, -0.2) is 31.7 Å². The van der Waals surface area contributed by atoms with E-state index in [1.54, 1.807) is 24.3 Å². The van der Waals surface area contributed by atoms with E-state index in [0.717, 1.165) is 35.7 Å². The summed E-state index contributed by atoms with van der Waals surface area (Å²) in [6, 6.07) is 20.3. The molecule has 1 fully saturated rings. The standard InChI is InChI=1S/C23H26N4O2S/c28-30(29,18-19-8-4-3-5-9-19)26-21-12-10-20(11-13-21)22-14-15-23(25-24-22)27-16-6-1-2-7-17-27/h3-5,8-15,26H,1-2,6-7,16-18H2. The average Bonchev–Trinajstić information content (AvgIpc) is 3.04. The molecular formula is C23H26N4O2S. The van der Waals surface area contributed by atoms with E-state index < -0.39 is 10.0 Å². The predicted molar refractivity (Wildman–Crippen MR) is 121 cm³/mol. The maximum absolute atomic E-state index is 12.4. The van der Waals surface area contributed by atoms with Crippen LogP contribution in [0.2, 0.25) is 0 Å². The van der Waals surface area contributed by atoms with Crippen LogP contribution in [0.4, 0.5) is 11.5 Å². The molecule has 0 saturated carbocycles. The maximum atomic E-state index is 12.4. The van der Waals surface area contributed by atoms with Crippen LogP contribution in [0, 0.1) is 0 Å². The van der Waals surface area contributed by atoms with Crippen molar-refractivity contribution in [2.45, 2.75) is 31.4 Å². The third-order valence-electron chi connectivity index (χ3n) is 5.23. The van der Waals surface area contributed by atoms with Crippen LogP contribution in [0.25, 0.3) is 11.3 Å². The summed E-state index contributed by atoms with van der Waals surface area (Å²) < 4.78 is 27.4. The van der Waals surface area contributed by atoms with Crippen molar-refractivity contribution in [3.63, 3.8) is 0 Å². The van der Waals surface area contributed by atoms with Crippen LogP contribution >= 0.6 is 0 Å². The van der Waals surface area contributed by atoms with Crippen molar-refractivity contribution in [2.24, 2.45) is 0 Å². The van der Waals surface area contributed by atoms with Gasteiger partial charge in [-0.05, 0) is 42.7 Å². The number of nitrogens with one attached hydrogen (secondary N) is 1. The van der Waals surface area contributed by atoms with Crippen LogP contribution < -0.4 is 9.62 Å². The molecule has 7 heteroatoms. The van der Waals surface area contributed by atoms with Gasteiger partial charge in [-0.2, -0.15) is 0 Å². The Morgan fingerprint density at radius 3 is 2.13 bits per heavy atom. The molecule has 156 valence electrons. The molecule has 4 rings (SSSR count). The van der Waals surface area contributed by atoms with Gasteiger partial charge in [0.15, 0.2) is 5.82 Å². The number of hydrogen-bond acceptors (Lipinski definition) is 5. The summed E-state index contributed by atoms with van der Waals surface area (Å²) in [4.78, 5) is 2.30. The van der Waals surface area contributed by atoms with Gasteiger partial charge in [0.25, 0.3) is 0 Å². The molecule has 2 heterocycles. The molecule has 1 N–H and O–H groups in total. The highest BCUT2D eigenvalue weighted by molar-refractivity contribution is 7.91. The van der Waals surface area contributed by atoms with Crippen LogP contribution in [0.3, 0.4) is 0 Å². The molecule has 0 atom stereocenters. The first kappa shape index (κ1) is 20.3. The average molecular weight is 423 g/mol. The van der Waals surface area contributed by atoms with Crippen LogP contribution in [-0.2, 0) is 15.8 Å². The van der Waals surface area contributed by atoms with E-state index in [4.69, 9.17) is 0 Å². The largest absolute Gasteiger partial charge is 0.355 e. The molecular weight excluding hydrogens is 396 g/mol. The summed E-state index contributed by atoms with van der Waals surface area (Å²) in [5, 5.41) is 8.80. The second-order valence-electron chi connectivity index (χ2n) is 7.60. The molecule has 6 nitrogen and oxygen atoms in total. The summed E-state index contributed by atoms with van der Waals surface area (Å²) in [6.07, 6.45) is 4.96. The van der Waals surface area contributed by atoms with E-state index >= 15 is 0 Å². The van der Waals surface area contributed by atoms with Crippen molar-refractivity contribution in [1.82, 2.24) is 10.2 Å². The van der Waals surface area contributed by atoms with Gasteiger partial charge < -0.3 is 4.90 Å². The first-order chi connectivity index (χ1) is 14.6. The quantitative estimate of drug-likeness (QED) is 0.634. The fourth-order valence-electron chi connectivity index (χ4n) is 3.67. The lowest BCUT2D eigenvalue weighted by Gasteiger charge is -2.20. The summed E-state index contributed by atoms with van der Waals surface area (Å²) in [5.41, 5.74) is 2.95. The highest BCUT2D eigenvalue weighted by Gasteiger charge is 2.13. The minimum absolute atomic E-state index is 0.0565. The number of aromatic nitrogens is 2. The highest BCUT2D eigenvalue weighted by atomic mass is 32.2. The minimum Gasteiger partial charge on any atom is -0.355 e. The van der Waals surface area contributed by atoms with Gasteiger partial charge in [0.05, 0.1) is 11.4 Å². The Morgan fingerprint density at radius 2 is 1.50 bits per heavy atom. The lowest BCUT2D eigenvalue weighted by atomic mass is 10.1. The molecule has 0 amide bonds. The smallest absolute Gasteiger partial charge is 0.236 e. The second-order valence-corrected chi connectivity index (χ2v) is 9.32. The van der Waals surface area contributed by atoms with E-state index in [-0.39, 0.29) is 5.75 Å². The van der Waals surface area contributed by atoms with Gasteiger partial charge in [-0.15, -0.1) is 10.2 Å². The van der Waals surface area contributed by atoms with Crippen LogP contribution in [0.1, 0.15) is 31.2 Å². The lowest BCUT2D eigenvalue weighted by Crippen LogP contribution is -2.25. The number of hydrogen-bond donors (Lipinski definition) is 1. The Labute approximate surface area is 178 Å². The van der Waals surface area contributed by atoms with Crippen molar-refractivity contribution in [3.8, 4) is 11.3 Å². The molecule has 1 aromatic heterocycles. The van der Waals surface area contributed by atoms with E-state index in [1.165, 1.54) is 25.7 Å². The predicted octanol–water partition coefficient (Wildman–Crippen LogP) is 4.47. The van der Waals surface area contributed by atoms with Crippen molar-refractivity contribution < 1.29 is 8.42 Å². The molecule has 0 bridgehead atoms. The number of benzene rings is 2. The van der Waals surface area contributed by atoms with Gasteiger partial charge in [-0.1, -0.05) is 55.3 Å². The Balaban J connectivity index is 1.41. The Kier molecular flexibility index (Phi) is 6.28. The number of sulfonamides is 1. The molecule has 30 heavy (non-hydrogen) atoms. The van der Waals surface area contributed by atoms with E-state index in [9.17, 15) is 8.42 Å². The third kappa shape index (κ3) is 5.36. The Bertz CT molecular complexity index is 1040. The number of rotatable bonds is 6. The van der Waals surface area contributed by atoms with Crippen LogP contribution in [0.15, 0.2) is 66.7 Å². The zero-order chi connectivity index (χ0) is 20.8. The topological polar surface area (TPSA) is 75.2 Å². The van der Waals surface area contributed by atoms with Crippen molar-refractivity contribution in [2.75, 3.05) is 22.7 Å². The summed E-state index contributed by atoms with van der Waals surface area (Å²) in [5.74, 6) is 0.866. The fraction of sp³-hybridized carbons (Fsp3) is 0.304. The third-order valence-corrected chi connectivity index (χ3v) is 6.49. The van der Waals surface area contributed by atoms with Crippen molar-refractivity contribution in [1.29, 1.82) is 0 Å². The zero-order valence-electron chi connectivity index (χ0n) is 16.9. The number of nitrogens with zero attached hydrogens (tertiary/aromatic N) is 3. The monoisotopic (exact) mass is 422 g/mol. The second kappa shape index (κ2) is 9.26. The minimum atomic E-state index is -3.47. The van der Waals surface area contributed by atoms with E-state index in [0.29, 0.717) is 5.69 Å². The molecule has 0 spiro atoms. The Hall–Kier alpha value is -2.93. The summed E-state index contributed by atoms with van der Waals surface area (Å²) in [6.45, 7) is 2.07.